The topological polar surface area (TPSA) is 44.5 Å². The van der Waals surface area contributed by atoms with Gasteiger partial charge in [-0.05, 0) is 28.1 Å². The number of nitrogens with two attached hydrogens (primary N) is 1. The molecule has 9 heteroatoms. The minimum atomic E-state index is -5.77. The van der Waals surface area contributed by atoms with Gasteiger partial charge in [-0.1, -0.05) is 0 Å². The number of hydrogen-bond donors (Lipinski definition) is 1. The van der Waals surface area contributed by atoms with Crippen LogP contribution in [-0.4, -0.2) is 26.3 Å². The lowest BCUT2D eigenvalue weighted by Crippen LogP contribution is -2.46. The minimum Gasteiger partial charge on any atom is -0.496 e. The Bertz CT molecular complexity index is 492. The fourth-order valence-electron chi connectivity index (χ4n) is 1.50. The molecule has 1 unspecified atom stereocenters. The molecule has 0 amide bonds. The summed E-state index contributed by atoms with van der Waals surface area (Å²) in [7, 11) is 2.37. The van der Waals surface area contributed by atoms with Crippen LogP contribution in [0, 0.1) is 0 Å². The Morgan fingerprint density at radius 1 is 1.05 bits per heavy atom. The molecule has 0 saturated heterocycles. The Balaban J connectivity index is 3.38. The van der Waals surface area contributed by atoms with E-state index in [-0.39, 0.29) is 11.5 Å². The van der Waals surface area contributed by atoms with Crippen molar-refractivity contribution in [2.45, 2.75) is 18.1 Å². The number of alkyl halides is 5. The molecule has 2 N–H and O–H groups in total. The van der Waals surface area contributed by atoms with Gasteiger partial charge in [-0.3, -0.25) is 0 Å². The predicted molar refractivity (Wildman–Crippen MR) is 65.2 cm³/mol. The molecule has 0 heterocycles. The van der Waals surface area contributed by atoms with Crippen LogP contribution in [0.4, 0.5) is 22.0 Å². The lowest BCUT2D eigenvalue weighted by Gasteiger charge is -2.27. The number of methoxy groups -OCH3 is 2. The Kier molecular flexibility index (Phi) is 4.86. The lowest BCUT2D eigenvalue weighted by molar-refractivity contribution is -0.291. The van der Waals surface area contributed by atoms with Crippen LogP contribution in [0.2, 0.25) is 0 Å². The van der Waals surface area contributed by atoms with Gasteiger partial charge in [0.05, 0.1) is 18.7 Å². The highest BCUT2D eigenvalue weighted by molar-refractivity contribution is 9.10. The summed E-state index contributed by atoms with van der Waals surface area (Å²) >= 11 is 3.07. The number of benzene rings is 1. The Morgan fingerprint density at radius 2 is 1.55 bits per heavy atom. The van der Waals surface area contributed by atoms with Crippen molar-refractivity contribution < 1.29 is 31.4 Å². The van der Waals surface area contributed by atoms with Gasteiger partial charge >= 0.3 is 12.1 Å². The van der Waals surface area contributed by atoms with Gasteiger partial charge in [0, 0.05) is 5.56 Å². The highest BCUT2D eigenvalue weighted by Gasteiger charge is 2.62. The predicted octanol–water partition coefficient (Wildman–Crippen LogP) is 3.66. The van der Waals surface area contributed by atoms with Crippen molar-refractivity contribution in [1.29, 1.82) is 0 Å². The summed E-state index contributed by atoms with van der Waals surface area (Å²) in [5.74, 6) is -5.23. The van der Waals surface area contributed by atoms with E-state index in [0.717, 1.165) is 13.2 Å². The molecule has 0 fully saturated rings. The molecule has 1 aromatic carbocycles. The maximum atomic E-state index is 13.3. The highest BCUT2D eigenvalue weighted by atomic mass is 79.9. The SMILES string of the molecule is COc1cc(C(N)C(F)(F)C(F)(F)F)c(OC)cc1Br. The summed E-state index contributed by atoms with van der Waals surface area (Å²) in [6, 6.07) is -0.423. The summed E-state index contributed by atoms with van der Waals surface area (Å²) in [6.07, 6.45) is -5.77. The van der Waals surface area contributed by atoms with Crippen molar-refractivity contribution in [2.75, 3.05) is 14.2 Å². The molecule has 0 aromatic heterocycles. The molecule has 0 saturated carbocycles. The second-order valence-corrected chi connectivity index (χ2v) is 4.68. The van der Waals surface area contributed by atoms with Crippen molar-refractivity contribution in [3.63, 3.8) is 0 Å². The minimum absolute atomic E-state index is 0.0641. The molecule has 114 valence electrons. The van der Waals surface area contributed by atoms with Gasteiger partial charge in [0.1, 0.15) is 17.5 Å². The van der Waals surface area contributed by atoms with Crippen LogP contribution in [0.1, 0.15) is 11.6 Å². The van der Waals surface area contributed by atoms with Crippen LogP contribution >= 0.6 is 15.9 Å². The van der Waals surface area contributed by atoms with Crippen molar-refractivity contribution in [3.05, 3.63) is 22.2 Å². The molecular formula is C11H11BrF5NO2. The van der Waals surface area contributed by atoms with Gasteiger partial charge in [0.25, 0.3) is 0 Å². The third kappa shape index (κ3) is 2.98. The molecule has 0 aliphatic heterocycles. The van der Waals surface area contributed by atoms with E-state index in [0.29, 0.717) is 4.47 Å². The summed E-state index contributed by atoms with van der Waals surface area (Å²) in [5.41, 5.74) is 4.58. The van der Waals surface area contributed by atoms with E-state index >= 15 is 0 Å². The van der Waals surface area contributed by atoms with Crippen LogP contribution in [0.5, 0.6) is 11.5 Å². The number of halogens is 6. The van der Waals surface area contributed by atoms with Crippen molar-refractivity contribution in [1.82, 2.24) is 0 Å². The van der Waals surface area contributed by atoms with E-state index < -0.39 is 23.7 Å². The van der Waals surface area contributed by atoms with Crippen molar-refractivity contribution in [3.8, 4) is 11.5 Å². The largest absolute Gasteiger partial charge is 0.496 e. The Morgan fingerprint density at radius 3 is 1.95 bits per heavy atom. The average Bonchev–Trinajstić information content (AvgIpc) is 2.36. The summed E-state index contributed by atoms with van der Waals surface area (Å²) < 4.78 is 73.6. The Hall–Kier alpha value is -1.09. The monoisotopic (exact) mass is 363 g/mol. The van der Waals surface area contributed by atoms with E-state index in [9.17, 15) is 22.0 Å². The van der Waals surface area contributed by atoms with Gasteiger partial charge in [-0.25, -0.2) is 0 Å². The molecule has 0 spiro atoms. The molecule has 0 aliphatic rings. The van der Waals surface area contributed by atoms with Gasteiger partial charge in [-0.2, -0.15) is 22.0 Å². The van der Waals surface area contributed by atoms with Gasteiger partial charge < -0.3 is 15.2 Å². The highest BCUT2D eigenvalue weighted by Crippen LogP contribution is 2.46. The first-order valence-corrected chi connectivity index (χ1v) is 5.97. The van der Waals surface area contributed by atoms with Crippen molar-refractivity contribution >= 4 is 15.9 Å². The molecule has 0 aliphatic carbocycles. The van der Waals surface area contributed by atoms with Gasteiger partial charge in [0.2, 0.25) is 0 Å². The first kappa shape index (κ1) is 17.0. The molecular weight excluding hydrogens is 353 g/mol. The molecule has 20 heavy (non-hydrogen) atoms. The van der Waals surface area contributed by atoms with E-state index in [1.165, 1.54) is 13.2 Å². The zero-order valence-corrected chi connectivity index (χ0v) is 12.0. The summed E-state index contributed by atoms with van der Waals surface area (Å²) in [5, 5.41) is 0. The molecule has 0 radical (unpaired) electrons. The maximum Gasteiger partial charge on any atom is 0.455 e. The zero-order chi connectivity index (χ0) is 15.7. The van der Waals surface area contributed by atoms with Crippen LogP contribution in [0.3, 0.4) is 0 Å². The molecule has 0 bridgehead atoms. The number of ether oxygens (including phenoxy) is 2. The average molecular weight is 364 g/mol. The van der Waals surface area contributed by atoms with Gasteiger partial charge in [-0.15, -0.1) is 0 Å². The quantitative estimate of drug-likeness (QED) is 0.830. The second-order valence-electron chi connectivity index (χ2n) is 3.83. The van der Waals surface area contributed by atoms with Crippen LogP contribution < -0.4 is 15.2 Å². The fourth-order valence-corrected chi connectivity index (χ4v) is 1.98. The lowest BCUT2D eigenvalue weighted by atomic mass is 9.99. The van der Waals surface area contributed by atoms with E-state index in [2.05, 4.69) is 15.9 Å². The molecule has 1 aromatic rings. The standard InChI is InChI=1S/C11H11BrF5NO2/c1-19-7-4-6(12)8(20-2)3-5(7)9(18)10(13,14)11(15,16)17/h3-4,9H,18H2,1-2H3. The smallest absolute Gasteiger partial charge is 0.455 e. The maximum absolute atomic E-state index is 13.3. The van der Waals surface area contributed by atoms with Gasteiger partial charge in [0.15, 0.2) is 0 Å². The number of rotatable bonds is 4. The van der Waals surface area contributed by atoms with Crippen LogP contribution in [0.15, 0.2) is 16.6 Å². The molecule has 1 atom stereocenters. The summed E-state index contributed by atoms with van der Waals surface area (Å²) in [4.78, 5) is 0. The third-order valence-electron chi connectivity index (χ3n) is 2.61. The normalized spacial score (nSPS) is 14.1. The molecule has 1 rings (SSSR count). The second kappa shape index (κ2) is 5.72. The first-order valence-electron chi connectivity index (χ1n) is 5.17. The van der Waals surface area contributed by atoms with E-state index in [1.54, 1.807) is 0 Å². The summed E-state index contributed by atoms with van der Waals surface area (Å²) in [6.45, 7) is 0. The number of hydrogen-bond acceptors (Lipinski definition) is 3. The van der Waals surface area contributed by atoms with Crippen molar-refractivity contribution in [2.24, 2.45) is 5.73 Å². The van der Waals surface area contributed by atoms with Crippen LogP contribution in [-0.2, 0) is 0 Å². The third-order valence-corrected chi connectivity index (χ3v) is 3.23. The fraction of sp³-hybridized carbons (Fsp3) is 0.455. The molecule has 3 nitrogen and oxygen atoms in total. The Labute approximate surface area is 120 Å². The van der Waals surface area contributed by atoms with Crippen LogP contribution in [0.25, 0.3) is 0 Å². The van der Waals surface area contributed by atoms with E-state index in [1.807, 2.05) is 0 Å². The first-order chi connectivity index (χ1) is 9.06. The van der Waals surface area contributed by atoms with E-state index in [4.69, 9.17) is 15.2 Å². The zero-order valence-electron chi connectivity index (χ0n) is 10.4.